The maximum Gasteiger partial charge on any atom is 0.225 e. The molecule has 0 bridgehead atoms. The predicted octanol–water partition coefficient (Wildman–Crippen LogP) is 0.291. The van der Waals surface area contributed by atoms with E-state index < -0.39 is 0 Å². The highest BCUT2D eigenvalue weighted by atomic mass is 16.5. The lowest BCUT2D eigenvalue weighted by Gasteiger charge is -2.32. The van der Waals surface area contributed by atoms with Crippen molar-refractivity contribution in [2.24, 2.45) is 0 Å². The van der Waals surface area contributed by atoms with Gasteiger partial charge in [0.25, 0.3) is 0 Å². The van der Waals surface area contributed by atoms with Gasteiger partial charge in [0.15, 0.2) is 0 Å². The van der Waals surface area contributed by atoms with Crippen molar-refractivity contribution >= 4 is 5.95 Å². The van der Waals surface area contributed by atoms with Crippen molar-refractivity contribution in [1.82, 2.24) is 9.97 Å². The Bertz CT molecular complexity index is 350. The molecule has 1 unspecified atom stereocenters. The number of nitrogens with zero attached hydrogens (tertiary/aromatic N) is 3. The van der Waals surface area contributed by atoms with Gasteiger partial charge in [0.1, 0.15) is 0 Å². The Morgan fingerprint density at radius 2 is 2.12 bits per heavy atom. The van der Waals surface area contributed by atoms with E-state index in [4.69, 9.17) is 9.84 Å². The highest BCUT2D eigenvalue weighted by molar-refractivity contribution is 5.32. The van der Waals surface area contributed by atoms with E-state index in [-0.39, 0.29) is 12.7 Å². The van der Waals surface area contributed by atoms with Crippen molar-refractivity contribution in [3.05, 3.63) is 17.5 Å². The van der Waals surface area contributed by atoms with Gasteiger partial charge in [-0.05, 0) is 19.9 Å². The normalized spacial score (nSPS) is 21.2. The van der Waals surface area contributed by atoms with Crippen LogP contribution in [0, 0.1) is 13.8 Å². The molecule has 5 heteroatoms. The molecule has 0 saturated carbocycles. The van der Waals surface area contributed by atoms with Crippen molar-refractivity contribution in [2.45, 2.75) is 20.0 Å². The standard InChI is InChI=1S/C11H17N3O2/c1-8-5-9(2)13-11(12-8)14-3-4-16-10(6-14)7-15/h5,10,15H,3-4,6-7H2,1-2H3. The highest BCUT2D eigenvalue weighted by Gasteiger charge is 2.21. The quantitative estimate of drug-likeness (QED) is 0.781. The van der Waals surface area contributed by atoms with Gasteiger partial charge in [-0.1, -0.05) is 0 Å². The Hall–Kier alpha value is -1.20. The fraction of sp³-hybridized carbons (Fsp3) is 0.636. The van der Waals surface area contributed by atoms with Gasteiger partial charge in [-0.3, -0.25) is 0 Å². The van der Waals surface area contributed by atoms with Crippen LogP contribution in [0.25, 0.3) is 0 Å². The molecule has 0 spiro atoms. The van der Waals surface area contributed by atoms with Crippen LogP contribution >= 0.6 is 0 Å². The SMILES string of the molecule is Cc1cc(C)nc(N2CCOC(CO)C2)n1. The fourth-order valence-corrected chi connectivity index (χ4v) is 1.86. The number of anilines is 1. The van der Waals surface area contributed by atoms with Crippen molar-refractivity contribution in [1.29, 1.82) is 0 Å². The van der Waals surface area contributed by atoms with E-state index in [1.165, 1.54) is 0 Å². The summed E-state index contributed by atoms with van der Waals surface area (Å²) in [5.74, 6) is 0.735. The zero-order valence-corrected chi connectivity index (χ0v) is 9.68. The Morgan fingerprint density at radius 3 is 2.75 bits per heavy atom. The van der Waals surface area contributed by atoms with Gasteiger partial charge in [-0.2, -0.15) is 0 Å². The Labute approximate surface area is 95.1 Å². The molecule has 1 aliphatic rings. The van der Waals surface area contributed by atoms with Gasteiger partial charge in [0.2, 0.25) is 5.95 Å². The second-order valence-corrected chi connectivity index (χ2v) is 4.07. The minimum Gasteiger partial charge on any atom is -0.394 e. The highest BCUT2D eigenvalue weighted by Crippen LogP contribution is 2.14. The molecule has 0 aromatic carbocycles. The molecule has 1 aliphatic heterocycles. The molecule has 0 amide bonds. The molecule has 0 radical (unpaired) electrons. The second-order valence-electron chi connectivity index (χ2n) is 4.07. The average molecular weight is 223 g/mol. The van der Waals surface area contributed by atoms with E-state index in [2.05, 4.69) is 14.9 Å². The first kappa shape index (κ1) is 11.3. The zero-order chi connectivity index (χ0) is 11.5. The summed E-state index contributed by atoms with van der Waals surface area (Å²) in [6, 6.07) is 1.95. The summed E-state index contributed by atoms with van der Waals surface area (Å²) in [5, 5.41) is 9.07. The molecule has 1 saturated heterocycles. The van der Waals surface area contributed by atoms with E-state index in [9.17, 15) is 0 Å². The number of morpholine rings is 1. The summed E-state index contributed by atoms with van der Waals surface area (Å²) < 4.78 is 5.39. The van der Waals surface area contributed by atoms with Crippen LogP contribution < -0.4 is 4.90 Å². The van der Waals surface area contributed by atoms with Crippen LogP contribution in [0.5, 0.6) is 0 Å². The number of hydrogen-bond donors (Lipinski definition) is 1. The number of aliphatic hydroxyl groups excluding tert-OH is 1. The number of aliphatic hydroxyl groups is 1. The summed E-state index contributed by atoms with van der Waals surface area (Å²) in [4.78, 5) is 10.9. The number of aromatic nitrogens is 2. The Morgan fingerprint density at radius 1 is 1.44 bits per heavy atom. The minimum absolute atomic E-state index is 0.0430. The first-order valence-corrected chi connectivity index (χ1v) is 5.48. The average Bonchev–Trinajstić information content (AvgIpc) is 2.28. The minimum atomic E-state index is -0.127. The third kappa shape index (κ3) is 2.48. The van der Waals surface area contributed by atoms with Crippen molar-refractivity contribution in [3.63, 3.8) is 0 Å². The fourth-order valence-electron chi connectivity index (χ4n) is 1.86. The first-order valence-electron chi connectivity index (χ1n) is 5.48. The van der Waals surface area contributed by atoms with Crippen LogP contribution in [0.4, 0.5) is 5.95 Å². The summed E-state index contributed by atoms with van der Waals surface area (Å²) >= 11 is 0. The molecule has 16 heavy (non-hydrogen) atoms. The van der Waals surface area contributed by atoms with Gasteiger partial charge >= 0.3 is 0 Å². The molecule has 1 fully saturated rings. The van der Waals surface area contributed by atoms with Crippen LogP contribution in [0.3, 0.4) is 0 Å². The zero-order valence-electron chi connectivity index (χ0n) is 9.68. The van der Waals surface area contributed by atoms with Gasteiger partial charge in [0, 0.05) is 24.5 Å². The molecule has 2 heterocycles. The Balaban J connectivity index is 2.16. The summed E-state index contributed by atoms with van der Waals surface area (Å²) in [7, 11) is 0. The van der Waals surface area contributed by atoms with Crippen LogP contribution in [0.1, 0.15) is 11.4 Å². The third-order valence-electron chi connectivity index (χ3n) is 2.60. The van der Waals surface area contributed by atoms with Gasteiger partial charge < -0.3 is 14.7 Å². The van der Waals surface area contributed by atoms with E-state index in [0.717, 1.165) is 23.9 Å². The molecular weight excluding hydrogens is 206 g/mol. The first-order chi connectivity index (χ1) is 7.69. The van der Waals surface area contributed by atoms with E-state index in [0.29, 0.717) is 13.2 Å². The molecular formula is C11H17N3O2. The molecule has 0 aliphatic carbocycles. The molecule has 5 nitrogen and oxygen atoms in total. The summed E-state index contributed by atoms with van der Waals surface area (Å²) in [6.45, 7) is 6.01. The number of ether oxygens (including phenoxy) is 1. The van der Waals surface area contributed by atoms with Crippen LogP contribution in [-0.4, -0.2) is 47.5 Å². The van der Waals surface area contributed by atoms with Crippen LogP contribution in [0.15, 0.2) is 6.07 Å². The lowest BCUT2D eigenvalue weighted by atomic mass is 10.3. The molecule has 1 aromatic heterocycles. The molecule has 1 aromatic rings. The lowest BCUT2D eigenvalue weighted by Crippen LogP contribution is -2.44. The van der Waals surface area contributed by atoms with E-state index in [1.54, 1.807) is 0 Å². The molecule has 88 valence electrons. The topological polar surface area (TPSA) is 58.5 Å². The molecule has 1 atom stereocenters. The second kappa shape index (κ2) is 4.76. The van der Waals surface area contributed by atoms with Crippen molar-refractivity contribution in [3.8, 4) is 0 Å². The van der Waals surface area contributed by atoms with Gasteiger partial charge in [-0.25, -0.2) is 9.97 Å². The van der Waals surface area contributed by atoms with Gasteiger partial charge in [-0.15, -0.1) is 0 Å². The Kier molecular flexibility index (Phi) is 3.36. The van der Waals surface area contributed by atoms with E-state index in [1.807, 2.05) is 19.9 Å². The van der Waals surface area contributed by atoms with Crippen LogP contribution in [0.2, 0.25) is 0 Å². The predicted molar refractivity (Wildman–Crippen MR) is 60.5 cm³/mol. The monoisotopic (exact) mass is 223 g/mol. The third-order valence-corrected chi connectivity index (χ3v) is 2.60. The smallest absolute Gasteiger partial charge is 0.225 e. The number of rotatable bonds is 2. The maximum absolute atomic E-state index is 9.07. The van der Waals surface area contributed by atoms with Crippen LogP contribution in [-0.2, 0) is 4.74 Å². The van der Waals surface area contributed by atoms with Crippen molar-refractivity contribution < 1.29 is 9.84 Å². The van der Waals surface area contributed by atoms with Crippen molar-refractivity contribution in [2.75, 3.05) is 31.2 Å². The maximum atomic E-state index is 9.07. The van der Waals surface area contributed by atoms with Gasteiger partial charge in [0.05, 0.1) is 19.3 Å². The summed E-state index contributed by atoms with van der Waals surface area (Å²) in [5.41, 5.74) is 1.93. The number of hydrogen-bond acceptors (Lipinski definition) is 5. The summed E-state index contributed by atoms with van der Waals surface area (Å²) in [6.07, 6.45) is -0.127. The number of aryl methyl sites for hydroxylation is 2. The molecule has 2 rings (SSSR count). The lowest BCUT2D eigenvalue weighted by molar-refractivity contribution is 0.00312. The molecule has 1 N–H and O–H groups in total. The largest absolute Gasteiger partial charge is 0.394 e. The van der Waals surface area contributed by atoms with E-state index >= 15 is 0 Å².